The lowest BCUT2D eigenvalue weighted by molar-refractivity contribution is 0.347. The third-order valence-electron chi connectivity index (χ3n) is 1.65. The van der Waals surface area contributed by atoms with E-state index in [2.05, 4.69) is 0 Å². The smallest absolute Gasteiger partial charge is 0.229 e. The molecule has 0 spiro atoms. The van der Waals surface area contributed by atoms with Crippen molar-refractivity contribution in [3.8, 4) is 11.5 Å². The van der Waals surface area contributed by atoms with Crippen molar-refractivity contribution >= 4 is 11.6 Å². The second-order valence-corrected chi connectivity index (χ2v) is 2.92. The molecule has 1 aliphatic heterocycles. The first kappa shape index (κ1) is 7.50. The summed E-state index contributed by atoms with van der Waals surface area (Å²) in [7, 11) is 0. The predicted octanol–water partition coefficient (Wildman–Crippen LogP) is 2.80. The summed E-state index contributed by atoms with van der Waals surface area (Å²) in [4.78, 5) is 0. The average Bonchev–Trinajstić information content (AvgIpc) is 2.07. The Morgan fingerprint density at radius 3 is 3.00 bits per heavy atom. The highest BCUT2D eigenvalue weighted by Gasteiger charge is 2.13. The maximum Gasteiger partial charge on any atom is 0.229 e. The molecule has 0 bridgehead atoms. The summed E-state index contributed by atoms with van der Waals surface area (Å²) in [5, 5.41) is 0.261. The lowest BCUT2D eigenvalue weighted by Crippen LogP contribution is -2.01. The van der Waals surface area contributed by atoms with Gasteiger partial charge in [0.05, 0.1) is 0 Å². The minimum absolute atomic E-state index is 0.261. The van der Waals surface area contributed by atoms with Gasteiger partial charge in [-0.05, 0) is 30.2 Å². The fourth-order valence-electron chi connectivity index (χ4n) is 1.08. The molecule has 1 aromatic rings. The minimum Gasteiger partial charge on any atom is -0.456 e. The third-order valence-corrected chi connectivity index (χ3v) is 1.82. The number of ether oxygens (including phenoxy) is 2. The second-order valence-electron chi connectivity index (χ2n) is 2.54. The normalized spacial score (nSPS) is 14.0. The largest absolute Gasteiger partial charge is 0.456 e. The molecule has 0 atom stereocenters. The highest BCUT2D eigenvalue weighted by Crippen LogP contribution is 2.35. The van der Waals surface area contributed by atoms with Crippen LogP contribution in [0.25, 0.3) is 0 Å². The summed E-state index contributed by atoms with van der Waals surface area (Å²) in [5.41, 5.74) is 1.01. The first-order chi connectivity index (χ1) is 5.77. The fourth-order valence-corrected chi connectivity index (χ4v) is 1.20. The van der Waals surface area contributed by atoms with Gasteiger partial charge in [0.25, 0.3) is 0 Å². The number of aryl methyl sites for hydroxylation is 1. The van der Waals surface area contributed by atoms with Gasteiger partial charge in [-0.15, -0.1) is 0 Å². The van der Waals surface area contributed by atoms with E-state index in [0.717, 1.165) is 5.56 Å². The highest BCUT2D eigenvalue weighted by molar-refractivity contribution is 6.28. The molecule has 3 heteroatoms. The molecule has 62 valence electrons. The number of halogens is 1. The average molecular weight is 183 g/mol. The summed E-state index contributed by atoms with van der Waals surface area (Å²) in [6.07, 6.45) is 1.38. The Labute approximate surface area is 75.4 Å². The van der Waals surface area contributed by atoms with E-state index < -0.39 is 0 Å². The molecular formula is C9H7ClO2. The quantitative estimate of drug-likeness (QED) is 0.614. The lowest BCUT2D eigenvalue weighted by atomic mass is 10.2. The molecule has 0 aromatic heterocycles. The zero-order chi connectivity index (χ0) is 8.55. The topological polar surface area (TPSA) is 18.5 Å². The zero-order valence-corrected chi connectivity index (χ0v) is 7.26. The van der Waals surface area contributed by atoms with Gasteiger partial charge >= 0.3 is 0 Å². The standard InChI is InChI=1S/C9H7ClO2/c1-6-3-2-4-7-9(6)12-8(10)5-11-7/h2-5H,1H3. The summed E-state index contributed by atoms with van der Waals surface area (Å²) < 4.78 is 10.5. The Balaban J connectivity index is 2.49. The lowest BCUT2D eigenvalue weighted by Gasteiger charge is -2.15. The molecule has 0 saturated heterocycles. The van der Waals surface area contributed by atoms with E-state index in [9.17, 15) is 0 Å². The van der Waals surface area contributed by atoms with Crippen molar-refractivity contribution in [2.24, 2.45) is 0 Å². The van der Waals surface area contributed by atoms with Crippen molar-refractivity contribution in [1.82, 2.24) is 0 Å². The molecule has 12 heavy (non-hydrogen) atoms. The van der Waals surface area contributed by atoms with E-state index in [0.29, 0.717) is 11.5 Å². The molecule has 1 heterocycles. The van der Waals surface area contributed by atoms with Gasteiger partial charge in [0.1, 0.15) is 6.26 Å². The number of para-hydroxylation sites is 1. The SMILES string of the molecule is Cc1cccc2c1OC(Cl)=CO2. The maximum absolute atomic E-state index is 5.63. The van der Waals surface area contributed by atoms with Crippen LogP contribution in [0.2, 0.25) is 0 Å². The van der Waals surface area contributed by atoms with Crippen molar-refractivity contribution in [3.63, 3.8) is 0 Å². The van der Waals surface area contributed by atoms with Gasteiger partial charge in [0.15, 0.2) is 11.5 Å². The Morgan fingerprint density at radius 1 is 1.33 bits per heavy atom. The summed E-state index contributed by atoms with van der Waals surface area (Å²) in [6, 6.07) is 5.68. The molecule has 0 amide bonds. The summed E-state index contributed by atoms with van der Waals surface area (Å²) in [6.45, 7) is 1.94. The molecule has 2 rings (SSSR count). The van der Waals surface area contributed by atoms with Crippen molar-refractivity contribution in [2.75, 3.05) is 0 Å². The van der Waals surface area contributed by atoms with Gasteiger partial charge in [-0.1, -0.05) is 12.1 Å². The van der Waals surface area contributed by atoms with Crippen LogP contribution in [0.3, 0.4) is 0 Å². The van der Waals surface area contributed by atoms with Crippen LogP contribution in [0.5, 0.6) is 11.5 Å². The molecule has 2 nitrogen and oxygen atoms in total. The molecular weight excluding hydrogens is 176 g/mol. The fraction of sp³-hybridized carbons (Fsp3) is 0.111. The third kappa shape index (κ3) is 1.14. The van der Waals surface area contributed by atoms with Crippen LogP contribution in [0.1, 0.15) is 5.56 Å². The van der Waals surface area contributed by atoms with Gasteiger partial charge in [0.2, 0.25) is 5.22 Å². The van der Waals surface area contributed by atoms with Crippen LogP contribution in [-0.2, 0) is 0 Å². The minimum atomic E-state index is 0.261. The first-order valence-corrected chi connectivity index (χ1v) is 3.95. The van der Waals surface area contributed by atoms with Crippen molar-refractivity contribution in [1.29, 1.82) is 0 Å². The monoisotopic (exact) mass is 182 g/mol. The Hall–Kier alpha value is -1.15. The van der Waals surface area contributed by atoms with Crippen molar-refractivity contribution < 1.29 is 9.47 Å². The van der Waals surface area contributed by atoms with Crippen LogP contribution in [0.4, 0.5) is 0 Å². The second kappa shape index (κ2) is 2.72. The van der Waals surface area contributed by atoms with Crippen LogP contribution < -0.4 is 9.47 Å². The highest BCUT2D eigenvalue weighted by atomic mass is 35.5. The summed E-state index contributed by atoms with van der Waals surface area (Å²) >= 11 is 5.63. The molecule has 1 aliphatic rings. The van der Waals surface area contributed by atoms with E-state index >= 15 is 0 Å². The number of rotatable bonds is 0. The number of hydrogen-bond donors (Lipinski definition) is 0. The zero-order valence-electron chi connectivity index (χ0n) is 6.50. The molecule has 0 unspecified atom stereocenters. The van der Waals surface area contributed by atoms with Gasteiger partial charge in [0, 0.05) is 0 Å². The Kier molecular flexibility index (Phi) is 1.70. The van der Waals surface area contributed by atoms with E-state index in [1.54, 1.807) is 0 Å². The van der Waals surface area contributed by atoms with Crippen molar-refractivity contribution in [2.45, 2.75) is 6.92 Å². The van der Waals surface area contributed by atoms with Gasteiger partial charge in [-0.25, -0.2) is 0 Å². The van der Waals surface area contributed by atoms with Crippen LogP contribution in [0.15, 0.2) is 29.7 Å². The van der Waals surface area contributed by atoms with Crippen LogP contribution >= 0.6 is 11.6 Å². The van der Waals surface area contributed by atoms with Crippen LogP contribution in [0, 0.1) is 6.92 Å². The van der Waals surface area contributed by atoms with Gasteiger partial charge in [-0.2, -0.15) is 0 Å². The molecule has 0 N–H and O–H groups in total. The molecule has 0 radical (unpaired) electrons. The van der Waals surface area contributed by atoms with Gasteiger partial charge < -0.3 is 9.47 Å². The van der Waals surface area contributed by atoms with E-state index in [-0.39, 0.29) is 5.22 Å². The van der Waals surface area contributed by atoms with E-state index in [1.807, 2.05) is 25.1 Å². The molecule has 0 aliphatic carbocycles. The van der Waals surface area contributed by atoms with Gasteiger partial charge in [-0.3, -0.25) is 0 Å². The van der Waals surface area contributed by atoms with E-state index in [4.69, 9.17) is 21.1 Å². The molecule has 0 fully saturated rings. The Morgan fingerprint density at radius 2 is 2.17 bits per heavy atom. The number of fused-ring (bicyclic) bond motifs is 1. The number of benzene rings is 1. The molecule has 0 saturated carbocycles. The summed E-state index contributed by atoms with van der Waals surface area (Å²) in [5.74, 6) is 1.41. The van der Waals surface area contributed by atoms with Crippen molar-refractivity contribution in [3.05, 3.63) is 35.2 Å². The molecule has 1 aromatic carbocycles. The number of hydrogen-bond acceptors (Lipinski definition) is 2. The maximum atomic E-state index is 5.63. The van der Waals surface area contributed by atoms with E-state index in [1.165, 1.54) is 6.26 Å². The van der Waals surface area contributed by atoms with Crippen LogP contribution in [-0.4, -0.2) is 0 Å². The Bertz CT molecular complexity index is 344. The first-order valence-electron chi connectivity index (χ1n) is 3.57. The predicted molar refractivity (Wildman–Crippen MR) is 46.4 cm³/mol.